The Morgan fingerprint density at radius 1 is 0.833 bits per heavy atom. The number of amides is 1. The second-order valence-corrected chi connectivity index (χ2v) is 9.67. The molecule has 0 aromatic heterocycles. The first kappa shape index (κ1) is 19.2. The van der Waals surface area contributed by atoms with Crippen LogP contribution in [0.4, 0.5) is 11.4 Å². The molecule has 0 atom stereocenters. The third kappa shape index (κ3) is 2.99. The lowest BCUT2D eigenvalue weighted by Gasteiger charge is -2.22. The summed E-state index contributed by atoms with van der Waals surface area (Å²) in [6.45, 7) is 0.929. The summed E-state index contributed by atoms with van der Waals surface area (Å²) in [7, 11) is -3.89. The zero-order valence-electron chi connectivity index (χ0n) is 16.1. The average molecular weight is 439 g/mol. The number of nitrogens with zero attached hydrogens (tertiary/aromatic N) is 2. The Hall–Kier alpha value is -2.83. The van der Waals surface area contributed by atoms with E-state index in [2.05, 4.69) is 0 Å². The number of rotatable bonds is 3. The highest BCUT2D eigenvalue weighted by Crippen LogP contribution is 2.36. The normalized spacial score (nSPS) is 15.2. The number of halogens is 1. The van der Waals surface area contributed by atoms with Crippen LogP contribution in [0.1, 0.15) is 21.5 Å². The van der Waals surface area contributed by atoms with Gasteiger partial charge in [-0.25, -0.2) is 8.42 Å². The minimum atomic E-state index is -3.89. The number of fused-ring (bicyclic) bond motifs is 2. The maximum Gasteiger partial charge on any atom is 0.265 e. The standard InChI is InChI=1S/C23H19ClN2O3S/c24-19-10-9-18(23(27)25-13-11-16-5-1-3-7-20(16)25)15-22(19)30(28,29)26-14-12-17-6-2-4-8-21(17)26/h1-10,15H,11-14H2. The third-order valence-corrected chi connectivity index (χ3v) is 8.02. The predicted molar refractivity (Wildman–Crippen MR) is 118 cm³/mol. The highest BCUT2D eigenvalue weighted by Gasteiger charge is 2.33. The monoisotopic (exact) mass is 438 g/mol. The van der Waals surface area contributed by atoms with Gasteiger partial charge >= 0.3 is 0 Å². The largest absolute Gasteiger partial charge is 0.308 e. The van der Waals surface area contributed by atoms with Gasteiger partial charge < -0.3 is 4.90 Å². The number of benzene rings is 3. The Balaban J connectivity index is 1.53. The lowest BCUT2D eigenvalue weighted by molar-refractivity contribution is 0.0989. The fourth-order valence-electron chi connectivity index (χ4n) is 4.22. The Morgan fingerprint density at radius 3 is 2.23 bits per heavy atom. The number of carbonyl (C=O) groups is 1. The van der Waals surface area contributed by atoms with Crippen molar-refractivity contribution in [1.82, 2.24) is 0 Å². The van der Waals surface area contributed by atoms with Gasteiger partial charge in [0, 0.05) is 24.3 Å². The summed E-state index contributed by atoms with van der Waals surface area (Å²) in [5, 5.41) is 0.109. The van der Waals surface area contributed by atoms with E-state index >= 15 is 0 Å². The van der Waals surface area contributed by atoms with Crippen molar-refractivity contribution in [3.8, 4) is 0 Å². The molecule has 0 spiro atoms. The molecule has 30 heavy (non-hydrogen) atoms. The van der Waals surface area contributed by atoms with E-state index in [-0.39, 0.29) is 15.8 Å². The maximum atomic E-state index is 13.4. The minimum absolute atomic E-state index is 0.0424. The Kier molecular flexibility index (Phi) is 4.56. The average Bonchev–Trinajstić information content (AvgIpc) is 3.38. The van der Waals surface area contributed by atoms with E-state index in [0.717, 1.165) is 23.2 Å². The van der Waals surface area contributed by atoms with Crippen molar-refractivity contribution in [2.75, 3.05) is 22.3 Å². The van der Waals surface area contributed by atoms with Crippen LogP contribution in [0, 0.1) is 0 Å². The SMILES string of the molecule is O=C(c1ccc(Cl)c(S(=O)(=O)N2CCc3ccccc32)c1)N1CCc2ccccc21. The fraction of sp³-hybridized carbons (Fsp3) is 0.174. The second kappa shape index (κ2) is 7.15. The number of anilines is 2. The number of hydrogen-bond acceptors (Lipinski definition) is 3. The van der Waals surface area contributed by atoms with Crippen molar-refractivity contribution in [3.63, 3.8) is 0 Å². The Morgan fingerprint density at radius 2 is 1.47 bits per heavy atom. The van der Waals surface area contributed by atoms with Crippen molar-refractivity contribution in [2.45, 2.75) is 17.7 Å². The summed E-state index contributed by atoms with van der Waals surface area (Å²) in [4.78, 5) is 14.8. The Labute approximate surface area is 180 Å². The molecule has 0 radical (unpaired) electrons. The van der Waals surface area contributed by atoms with Crippen molar-refractivity contribution < 1.29 is 13.2 Å². The van der Waals surface area contributed by atoms with Gasteiger partial charge in [0.1, 0.15) is 4.90 Å². The maximum absolute atomic E-state index is 13.4. The van der Waals surface area contributed by atoms with Gasteiger partial charge in [0.15, 0.2) is 0 Å². The molecule has 3 aromatic rings. The van der Waals surface area contributed by atoms with Crippen LogP contribution in [-0.4, -0.2) is 27.4 Å². The molecule has 5 nitrogen and oxygen atoms in total. The summed E-state index contributed by atoms with van der Waals surface area (Å²) in [5.41, 5.74) is 3.94. The van der Waals surface area contributed by atoms with Crippen molar-refractivity contribution in [3.05, 3.63) is 88.4 Å². The zero-order chi connectivity index (χ0) is 20.9. The molecule has 0 unspecified atom stereocenters. The van der Waals surface area contributed by atoms with Gasteiger partial charge in [0.2, 0.25) is 0 Å². The molecule has 2 aliphatic heterocycles. The molecule has 7 heteroatoms. The summed E-state index contributed by atoms with van der Waals surface area (Å²) in [6, 6.07) is 19.7. The molecular weight excluding hydrogens is 420 g/mol. The number of carbonyl (C=O) groups excluding carboxylic acids is 1. The topological polar surface area (TPSA) is 57.7 Å². The van der Waals surface area contributed by atoms with Gasteiger partial charge in [-0.05, 0) is 54.3 Å². The van der Waals surface area contributed by atoms with E-state index in [1.807, 2.05) is 42.5 Å². The molecule has 2 heterocycles. The van der Waals surface area contributed by atoms with Gasteiger partial charge in [0.05, 0.1) is 10.7 Å². The van der Waals surface area contributed by atoms with Crippen LogP contribution >= 0.6 is 11.6 Å². The van der Waals surface area contributed by atoms with Crippen molar-refractivity contribution in [1.29, 1.82) is 0 Å². The summed E-state index contributed by atoms with van der Waals surface area (Å²) >= 11 is 6.30. The van der Waals surface area contributed by atoms with Crippen LogP contribution < -0.4 is 9.21 Å². The first-order valence-electron chi connectivity index (χ1n) is 9.77. The summed E-state index contributed by atoms with van der Waals surface area (Å²) < 4.78 is 28.2. The quantitative estimate of drug-likeness (QED) is 0.612. The van der Waals surface area contributed by atoms with Gasteiger partial charge in [-0.3, -0.25) is 9.10 Å². The molecule has 0 aliphatic carbocycles. The van der Waals surface area contributed by atoms with E-state index in [4.69, 9.17) is 11.6 Å². The lowest BCUT2D eigenvalue weighted by Crippen LogP contribution is -2.31. The molecule has 0 N–H and O–H groups in total. The lowest BCUT2D eigenvalue weighted by atomic mass is 10.1. The molecule has 0 saturated carbocycles. The highest BCUT2D eigenvalue weighted by atomic mass is 35.5. The van der Waals surface area contributed by atoms with E-state index in [0.29, 0.717) is 30.8 Å². The van der Waals surface area contributed by atoms with Crippen molar-refractivity contribution in [2.24, 2.45) is 0 Å². The van der Waals surface area contributed by atoms with E-state index in [1.54, 1.807) is 17.0 Å². The highest BCUT2D eigenvalue weighted by molar-refractivity contribution is 7.93. The van der Waals surface area contributed by atoms with Crippen LogP contribution in [0.2, 0.25) is 5.02 Å². The number of sulfonamides is 1. The van der Waals surface area contributed by atoms with Gasteiger partial charge in [0.25, 0.3) is 15.9 Å². The smallest absolute Gasteiger partial charge is 0.265 e. The van der Waals surface area contributed by atoms with Crippen LogP contribution in [0.3, 0.4) is 0 Å². The molecule has 0 fully saturated rings. The van der Waals surface area contributed by atoms with Crippen LogP contribution in [-0.2, 0) is 22.9 Å². The van der Waals surface area contributed by atoms with E-state index in [1.165, 1.54) is 16.4 Å². The first-order valence-corrected chi connectivity index (χ1v) is 11.6. The fourth-order valence-corrected chi connectivity index (χ4v) is 6.22. The van der Waals surface area contributed by atoms with Crippen molar-refractivity contribution >= 4 is 38.9 Å². The second-order valence-electron chi connectivity index (χ2n) is 7.44. The van der Waals surface area contributed by atoms with Crippen LogP contribution in [0.5, 0.6) is 0 Å². The summed E-state index contributed by atoms with van der Waals surface area (Å²) in [5.74, 6) is -0.227. The van der Waals surface area contributed by atoms with Gasteiger partial charge in [-0.2, -0.15) is 0 Å². The Bertz CT molecular complexity index is 1270. The minimum Gasteiger partial charge on any atom is -0.308 e. The third-order valence-electron chi connectivity index (χ3n) is 5.72. The van der Waals surface area contributed by atoms with E-state index in [9.17, 15) is 13.2 Å². The van der Waals surface area contributed by atoms with Gasteiger partial charge in [-0.15, -0.1) is 0 Å². The molecule has 2 aliphatic rings. The molecule has 3 aromatic carbocycles. The van der Waals surface area contributed by atoms with Crippen LogP contribution in [0.25, 0.3) is 0 Å². The molecule has 152 valence electrons. The first-order chi connectivity index (χ1) is 14.5. The molecule has 0 saturated heterocycles. The number of hydrogen-bond donors (Lipinski definition) is 0. The molecule has 5 rings (SSSR count). The molecule has 0 bridgehead atoms. The van der Waals surface area contributed by atoms with E-state index < -0.39 is 10.0 Å². The molecule has 1 amide bonds. The van der Waals surface area contributed by atoms with Gasteiger partial charge in [-0.1, -0.05) is 48.0 Å². The molecular formula is C23H19ClN2O3S. The predicted octanol–water partition coefficient (Wildman–Crippen LogP) is 4.29. The number of para-hydroxylation sites is 2. The summed E-state index contributed by atoms with van der Waals surface area (Å²) in [6.07, 6.45) is 1.43. The van der Waals surface area contributed by atoms with Crippen LogP contribution in [0.15, 0.2) is 71.6 Å². The zero-order valence-corrected chi connectivity index (χ0v) is 17.7.